The maximum absolute atomic E-state index is 12.3. The molecule has 0 radical (unpaired) electrons. The minimum atomic E-state index is -0.914. The molecule has 0 fully saturated rings. The third-order valence-corrected chi connectivity index (χ3v) is 4.30. The van der Waals surface area contributed by atoms with Crippen molar-refractivity contribution in [2.45, 2.75) is 37.5 Å². The average molecular weight is 348 g/mol. The Morgan fingerprint density at radius 1 is 1.19 bits per heavy atom. The zero-order valence-electron chi connectivity index (χ0n) is 14.3. The molecule has 1 aromatic heterocycles. The summed E-state index contributed by atoms with van der Waals surface area (Å²) in [4.78, 5) is 16.5. The highest BCUT2D eigenvalue weighted by molar-refractivity contribution is 5.91. The van der Waals surface area contributed by atoms with Gasteiger partial charge in [-0.1, -0.05) is 24.3 Å². The minimum absolute atomic E-state index is 0.150. The normalized spacial score (nSPS) is 15.1. The molecule has 1 aliphatic heterocycles. The molecule has 1 amide bonds. The highest BCUT2D eigenvalue weighted by atomic mass is 16.3. The Kier molecular flexibility index (Phi) is 5.40. The summed E-state index contributed by atoms with van der Waals surface area (Å²) in [5.74, 6) is 2.42. The number of aliphatic hydroxyl groups excluding tert-OH is 1. The molecule has 6 nitrogen and oxygen atoms in total. The van der Waals surface area contributed by atoms with Crippen molar-refractivity contribution in [2.75, 3.05) is 5.32 Å². The third-order valence-electron chi connectivity index (χ3n) is 4.30. The van der Waals surface area contributed by atoms with Crippen molar-refractivity contribution in [3.63, 3.8) is 0 Å². The van der Waals surface area contributed by atoms with Crippen molar-refractivity contribution in [3.8, 4) is 12.3 Å². The maximum atomic E-state index is 12.3. The van der Waals surface area contributed by atoms with E-state index in [9.17, 15) is 9.90 Å². The van der Waals surface area contributed by atoms with Crippen LogP contribution in [0.4, 0.5) is 5.69 Å². The molecule has 3 rings (SSSR count). The van der Waals surface area contributed by atoms with Gasteiger partial charge in [-0.05, 0) is 18.2 Å². The predicted molar refractivity (Wildman–Crippen MR) is 98.3 cm³/mol. The molecule has 1 aliphatic rings. The van der Waals surface area contributed by atoms with Gasteiger partial charge in [0, 0.05) is 43.1 Å². The van der Waals surface area contributed by atoms with E-state index in [2.05, 4.69) is 26.4 Å². The third kappa shape index (κ3) is 4.32. The number of pyridine rings is 1. The Labute approximate surface area is 152 Å². The molecule has 132 valence electrons. The number of terminal acetylenes is 1. The summed E-state index contributed by atoms with van der Waals surface area (Å²) >= 11 is 0. The van der Waals surface area contributed by atoms with Crippen LogP contribution in [-0.2, 0) is 4.79 Å². The number of aliphatic hydroxyl groups is 1. The first-order valence-corrected chi connectivity index (χ1v) is 8.49. The SMILES string of the molecule is C#CCCC1(CCC(=O)Nc2ccccc2C(O)c2ccccn2)N=N1. The van der Waals surface area contributed by atoms with Gasteiger partial charge in [0.15, 0.2) is 5.66 Å². The molecule has 2 aromatic rings. The molecule has 26 heavy (non-hydrogen) atoms. The van der Waals surface area contributed by atoms with Crippen molar-refractivity contribution in [2.24, 2.45) is 10.2 Å². The smallest absolute Gasteiger partial charge is 0.224 e. The van der Waals surface area contributed by atoms with E-state index in [0.717, 1.165) is 0 Å². The molecular weight excluding hydrogens is 328 g/mol. The topological polar surface area (TPSA) is 86.9 Å². The van der Waals surface area contributed by atoms with E-state index in [1.54, 1.807) is 30.5 Å². The summed E-state index contributed by atoms with van der Waals surface area (Å²) in [6.07, 6.45) is 8.06. The number of hydrogen-bond donors (Lipinski definition) is 2. The molecule has 1 aromatic carbocycles. The molecule has 0 aliphatic carbocycles. The van der Waals surface area contributed by atoms with Crippen LogP contribution < -0.4 is 5.32 Å². The lowest BCUT2D eigenvalue weighted by Gasteiger charge is -2.16. The largest absolute Gasteiger partial charge is 0.382 e. The quantitative estimate of drug-likeness (QED) is 0.716. The van der Waals surface area contributed by atoms with E-state index < -0.39 is 11.8 Å². The van der Waals surface area contributed by atoms with Gasteiger partial charge in [-0.15, -0.1) is 12.3 Å². The first-order chi connectivity index (χ1) is 12.6. The first kappa shape index (κ1) is 17.8. The van der Waals surface area contributed by atoms with Gasteiger partial charge in [0.05, 0.1) is 5.69 Å². The molecule has 0 spiro atoms. The molecule has 1 unspecified atom stereocenters. The minimum Gasteiger partial charge on any atom is -0.382 e. The number of carbonyl (C=O) groups excluding carboxylic acids is 1. The summed E-state index contributed by atoms with van der Waals surface area (Å²) in [7, 11) is 0. The second-order valence-electron chi connectivity index (χ2n) is 6.18. The van der Waals surface area contributed by atoms with Gasteiger partial charge < -0.3 is 10.4 Å². The summed E-state index contributed by atoms with van der Waals surface area (Å²) in [5.41, 5.74) is 1.22. The fourth-order valence-corrected chi connectivity index (χ4v) is 2.74. The number of benzene rings is 1. The Hall–Kier alpha value is -3.04. The summed E-state index contributed by atoms with van der Waals surface area (Å²) in [6, 6.07) is 12.5. The summed E-state index contributed by atoms with van der Waals surface area (Å²) in [5, 5.41) is 21.5. The Bertz CT molecular complexity index is 836. The molecule has 2 heterocycles. The van der Waals surface area contributed by atoms with E-state index in [4.69, 9.17) is 6.42 Å². The van der Waals surface area contributed by atoms with E-state index in [1.165, 1.54) is 0 Å². The van der Waals surface area contributed by atoms with Gasteiger partial charge in [0.25, 0.3) is 0 Å². The highest BCUT2D eigenvalue weighted by Crippen LogP contribution is 2.37. The van der Waals surface area contributed by atoms with E-state index >= 15 is 0 Å². The number of anilines is 1. The van der Waals surface area contributed by atoms with Crippen molar-refractivity contribution < 1.29 is 9.90 Å². The van der Waals surface area contributed by atoms with Crippen molar-refractivity contribution in [1.29, 1.82) is 0 Å². The fourth-order valence-electron chi connectivity index (χ4n) is 2.74. The lowest BCUT2D eigenvalue weighted by atomic mass is 10.0. The molecule has 0 saturated heterocycles. The van der Waals surface area contributed by atoms with Gasteiger partial charge in [-0.2, -0.15) is 10.2 Å². The van der Waals surface area contributed by atoms with Gasteiger partial charge in [0.2, 0.25) is 5.91 Å². The van der Waals surface area contributed by atoms with Crippen LogP contribution in [0, 0.1) is 12.3 Å². The predicted octanol–water partition coefficient (Wildman–Crippen LogP) is 3.46. The summed E-state index contributed by atoms with van der Waals surface area (Å²) in [6.45, 7) is 0. The Balaban J connectivity index is 1.63. The van der Waals surface area contributed by atoms with Crippen molar-refractivity contribution >= 4 is 11.6 Å². The maximum Gasteiger partial charge on any atom is 0.224 e. The number of rotatable bonds is 8. The Morgan fingerprint density at radius 3 is 2.65 bits per heavy atom. The van der Waals surface area contributed by atoms with E-state index in [1.807, 2.05) is 18.2 Å². The molecule has 2 N–H and O–H groups in total. The highest BCUT2D eigenvalue weighted by Gasteiger charge is 2.39. The van der Waals surface area contributed by atoms with Gasteiger partial charge in [-0.25, -0.2) is 0 Å². The number of nitrogens with zero attached hydrogens (tertiary/aromatic N) is 3. The molecule has 6 heteroatoms. The van der Waals surface area contributed by atoms with E-state index in [-0.39, 0.29) is 12.3 Å². The Morgan fingerprint density at radius 2 is 1.96 bits per heavy atom. The van der Waals surface area contributed by atoms with Crippen LogP contribution in [0.15, 0.2) is 58.9 Å². The van der Waals surface area contributed by atoms with Crippen LogP contribution in [0.1, 0.15) is 43.0 Å². The number of amides is 1. The van der Waals surface area contributed by atoms with Crippen LogP contribution in [0.5, 0.6) is 0 Å². The van der Waals surface area contributed by atoms with Crippen molar-refractivity contribution in [3.05, 3.63) is 59.9 Å². The van der Waals surface area contributed by atoms with Crippen LogP contribution in [0.2, 0.25) is 0 Å². The van der Waals surface area contributed by atoms with Crippen LogP contribution in [0.25, 0.3) is 0 Å². The summed E-state index contributed by atoms with van der Waals surface area (Å²) < 4.78 is 0. The van der Waals surface area contributed by atoms with Gasteiger partial charge >= 0.3 is 0 Å². The second kappa shape index (κ2) is 7.89. The number of aromatic nitrogens is 1. The zero-order chi connectivity index (χ0) is 18.4. The van der Waals surface area contributed by atoms with E-state index in [0.29, 0.717) is 36.2 Å². The monoisotopic (exact) mass is 348 g/mol. The number of para-hydroxylation sites is 1. The molecule has 0 saturated carbocycles. The first-order valence-electron chi connectivity index (χ1n) is 8.49. The fraction of sp³-hybridized carbons (Fsp3) is 0.300. The van der Waals surface area contributed by atoms with Gasteiger partial charge in [0.1, 0.15) is 6.10 Å². The number of hydrogen-bond acceptors (Lipinski definition) is 5. The van der Waals surface area contributed by atoms with Crippen LogP contribution in [0.3, 0.4) is 0 Å². The van der Waals surface area contributed by atoms with Crippen molar-refractivity contribution in [1.82, 2.24) is 4.98 Å². The molecular formula is C20H20N4O2. The molecule has 0 bridgehead atoms. The van der Waals surface area contributed by atoms with Crippen LogP contribution in [-0.4, -0.2) is 21.7 Å². The second-order valence-corrected chi connectivity index (χ2v) is 6.18. The number of carbonyl (C=O) groups is 1. The standard InChI is InChI=1S/C20H20N4O2/c1-2-3-12-20(23-24-20)13-11-18(25)22-16-9-5-4-8-15(16)19(26)17-10-6-7-14-21-17/h1,4-10,14,19,26H,3,11-13H2,(H,22,25). The number of nitrogens with one attached hydrogen (secondary N) is 1. The lowest BCUT2D eigenvalue weighted by Crippen LogP contribution is -2.19. The van der Waals surface area contributed by atoms with Gasteiger partial charge in [-0.3, -0.25) is 9.78 Å². The van der Waals surface area contributed by atoms with Crippen LogP contribution >= 0.6 is 0 Å². The average Bonchev–Trinajstić information content (AvgIpc) is 3.46. The zero-order valence-corrected chi connectivity index (χ0v) is 14.3. The lowest BCUT2D eigenvalue weighted by molar-refractivity contribution is -0.116. The molecule has 1 atom stereocenters.